The van der Waals surface area contributed by atoms with Gasteiger partial charge in [-0.3, -0.25) is 0 Å². The summed E-state index contributed by atoms with van der Waals surface area (Å²) in [5, 5.41) is 10.5. The molecule has 0 spiro atoms. The van der Waals surface area contributed by atoms with E-state index < -0.39 is 0 Å². The summed E-state index contributed by atoms with van der Waals surface area (Å²) < 4.78 is 1.71. The molecule has 3 nitrogen and oxygen atoms in total. The van der Waals surface area contributed by atoms with Crippen LogP contribution < -0.4 is 4.84 Å². The van der Waals surface area contributed by atoms with Crippen LogP contribution in [0.5, 0.6) is 5.75 Å². The van der Waals surface area contributed by atoms with Gasteiger partial charge in [0, 0.05) is 17.6 Å². The first-order chi connectivity index (χ1) is 7.46. The minimum atomic E-state index is 0.118. The third-order valence-electron chi connectivity index (χ3n) is 2.28. The predicted octanol–water partition coefficient (Wildman–Crippen LogP) is 2.82. The van der Waals surface area contributed by atoms with E-state index >= 15 is 0 Å². The van der Waals surface area contributed by atoms with Crippen molar-refractivity contribution in [2.75, 3.05) is 6.61 Å². The molecule has 16 heavy (non-hydrogen) atoms. The van der Waals surface area contributed by atoms with Crippen LogP contribution in [-0.2, 0) is 0 Å². The molecule has 3 heteroatoms. The standard InChI is InChI=1S/C13H17NO2/c1-13(2,3)9-16-14-7-6-10-4-5-11(15)8-12(10)14/h4-8,15H,9H2,1-3H3. The molecule has 0 aliphatic carbocycles. The van der Waals surface area contributed by atoms with Crippen molar-refractivity contribution in [3.8, 4) is 5.75 Å². The van der Waals surface area contributed by atoms with Gasteiger partial charge in [-0.2, -0.15) is 4.73 Å². The van der Waals surface area contributed by atoms with Crippen molar-refractivity contribution in [2.45, 2.75) is 20.8 Å². The Balaban J connectivity index is 2.28. The summed E-state index contributed by atoms with van der Waals surface area (Å²) in [5.41, 5.74) is 1.01. The number of hydrogen-bond donors (Lipinski definition) is 1. The molecule has 2 rings (SSSR count). The molecule has 1 N–H and O–H groups in total. The lowest BCUT2D eigenvalue weighted by atomic mass is 9.99. The maximum absolute atomic E-state index is 9.43. The average molecular weight is 219 g/mol. The van der Waals surface area contributed by atoms with Crippen LogP contribution in [0.2, 0.25) is 0 Å². The Morgan fingerprint density at radius 2 is 2.00 bits per heavy atom. The fourth-order valence-electron chi connectivity index (χ4n) is 1.47. The molecular weight excluding hydrogens is 202 g/mol. The highest BCUT2D eigenvalue weighted by molar-refractivity contribution is 5.81. The van der Waals surface area contributed by atoms with Crippen molar-refractivity contribution in [1.82, 2.24) is 4.73 Å². The SMILES string of the molecule is CC(C)(C)COn1ccc2ccc(O)cc21. The minimum absolute atomic E-state index is 0.118. The van der Waals surface area contributed by atoms with Gasteiger partial charge < -0.3 is 9.94 Å². The number of nitrogens with zero attached hydrogens (tertiary/aromatic N) is 1. The van der Waals surface area contributed by atoms with Gasteiger partial charge in [0.1, 0.15) is 12.4 Å². The summed E-state index contributed by atoms with van der Waals surface area (Å²) in [5.74, 6) is 0.256. The molecule has 86 valence electrons. The van der Waals surface area contributed by atoms with E-state index in [2.05, 4.69) is 20.8 Å². The molecule has 1 heterocycles. The maximum Gasteiger partial charge on any atom is 0.119 e. The van der Waals surface area contributed by atoms with E-state index in [1.807, 2.05) is 18.3 Å². The van der Waals surface area contributed by atoms with Crippen LogP contribution in [0.1, 0.15) is 20.8 Å². The number of phenolic OH excluding ortho intramolecular Hbond substituents is 1. The molecule has 0 fully saturated rings. The van der Waals surface area contributed by atoms with Gasteiger partial charge in [-0.25, -0.2) is 0 Å². The van der Waals surface area contributed by atoms with Crippen LogP contribution in [0.3, 0.4) is 0 Å². The molecular formula is C13H17NO2. The van der Waals surface area contributed by atoms with Gasteiger partial charge in [-0.05, 0) is 23.6 Å². The Kier molecular flexibility index (Phi) is 2.54. The Labute approximate surface area is 95.2 Å². The minimum Gasteiger partial charge on any atom is -0.508 e. The molecule has 1 aromatic carbocycles. The number of phenols is 1. The lowest BCUT2D eigenvalue weighted by Crippen LogP contribution is -2.23. The highest BCUT2D eigenvalue weighted by Crippen LogP contribution is 2.21. The van der Waals surface area contributed by atoms with Crippen molar-refractivity contribution >= 4 is 10.9 Å². The molecule has 0 unspecified atom stereocenters. The fraction of sp³-hybridized carbons (Fsp3) is 0.385. The number of fused-ring (bicyclic) bond motifs is 1. The zero-order valence-electron chi connectivity index (χ0n) is 9.90. The largest absolute Gasteiger partial charge is 0.508 e. The number of aromatic nitrogens is 1. The molecule has 0 aliphatic rings. The first-order valence-corrected chi connectivity index (χ1v) is 5.39. The van der Waals surface area contributed by atoms with Gasteiger partial charge in [0.25, 0.3) is 0 Å². The van der Waals surface area contributed by atoms with Crippen molar-refractivity contribution in [3.05, 3.63) is 30.5 Å². The van der Waals surface area contributed by atoms with E-state index in [0.717, 1.165) is 10.9 Å². The average Bonchev–Trinajstić information content (AvgIpc) is 2.56. The summed E-state index contributed by atoms with van der Waals surface area (Å²) in [7, 11) is 0. The molecule has 2 aromatic rings. The summed E-state index contributed by atoms with van der Waals surface area (Å²) in [6.45, 7) is 6.99. The number of rotatable bonds is 2. The normalized spacial score (nSPS) is 11.9. The fourth-order valence-corrected chi connectivity index (χ4v) is 1.47. The number of benzene rings is 1. The van der Waals surface area contributed by atoms with E-state index in [4.69, 9.17) is 4.84 Å². The zero-order valence-corrected chi connectivity index (χ0v) is 9.90. The van der Waals surface area contributed by atoms with Gasteiger partial charge in [0.15, 0.2) is 0 Å². The van der Waals surface area contributed by atoms with Gasteiger partial charge >= 0.3 is 0 Å². The summed E-state index contributed by atoms with van der Waals surface area (Å²) in [6.07, 6.45) is 1.87. The molecule has 0 saturated heterocycles. The second-order valence-corrected chi connectivity index (χ2v) is 5.22. The van der Waals surface area contributed by atoms with E-state index in [1.54, 1.807) is 16.9 Å². The van der Waals surface area contributed by atoms with E-state index in [0.29, 0.717) is 6.61 Å². The Morgan fingerprint density at radius 3 is 2.69 bits per heavy atom. The van der Waals surface area contributed by atoms with Crippen molar-refractivity contribution in [1.29, 1.82) is 0 Å². The van der Waals surface area contributed by atoms with Crippen LogP contribution in [0.25, 0.3) is 10.9 Å². The van der Waals surface area contributed by atoms with E-state index in [1.165, 1.54) is 0 Å². The molecule has 0 aliphatic heterocycles. The maximum atomic E-state index is 9.43. The lowest BCUT2D eigenvalue weighted by molar-refractivity contribution is 0.0627. The summed E-state index contributed by atoms with van der Waals surface area (Å²) in [4.78, 5) is 5.68. The zero-order chi connectivity index (χ0) is 11.8. The Hall–Kier alpha value is -1.64. The molecule has 0 amide bonds. The van der Waals surface area contributed by atoms with Gasteiger partial charge in [0.05, 0.1) is 5.52 Å². The van der Waals surface area contributed by atoms with E-state index in [-0.39, 0.29) is 11.2 Å². The molecule has 0 atom stereocenters. The van der Waals surface area contributed by atoms with Crippen molar-refractivity contribution < 1.29 is 9.94 Å². The van der Waals surface area contributed by atoms with Crippen LogP contribution in [-0.4, -0.2) is 16.4 Å². The second kappa shape index (κ2) is 3.74. The molecule has 0 bridgehead atoms. The molecule has 1 aromatic heterocycles. The number of aromatic hydroxyl groups is 1. The van der Waals surface area contributed by atoms with Crippen LogP contribution in [0, 0.1) is 5.41 Å². The van der Waals surface area contributed by atoms with Gasteiger partial charge in [-0.15, -0.1) is 0 Å². The topological polar surface area (TPSA) is 34.4 Å². The number of hydrogen-bond acceptors (Lipinski definition) is 2. The third-order valence-corrected chi connectivity index (χ3v) is 2.28. The van der Waals surface area contributed by atoms with Gasteiger partial charge in [0.2, 0.25) is 0 Å². The van der Waals surface area contributed by atoms with Gasteiger partial charge in [-0.1, -0.05) is 20.8 Å². The van der Waals surface area contributed by atoms with Crippen LogP contribution in [0.15, 0.2) is 30.5 Å². The first-order valence-electron chi connectivity index (χ1n) is 5.39. The third kappa shape index (κ3) is 2.30. The molecule has 0 saturated carbocycles. The smallest absolute Gasteiger partial charge is 0.119 e. The van der Waals surface area contributed by atoms with Crippen molar-refractivity contribution in [3.63, 3.8) is 0 Å². The predicted molar refractivity (Wildman–Crippen MR) is 64.5 cm³/mol. The van der Waals surface area contributed by atoms with Crippen LogP contribution in [0.4, 0.5) is 0 Å². The van der Waals surface area contributed by atoms with Crippen molar-refractivity contribution in [2.24, 2.45) is 5.41 Å². The Bertz CT molecular complexity index is 494. The quantitative estimate of drug-likeness (QED) is 0.842. The summed E-state index contributed by atoms with van der Waals surface area (Å²) >= 11 is 0. The summed E-state index contributed by atoms with van der Waals surface area (Å²) in [6, 6.07) is 7.23. The lowest BCUT2D eigenvalue weighted by Gasteiger charge is -2.19. The first kappa shape index (κ1) is 10.9. The van der Waals surface area contributed by atoms with E-state index in [9.17, 15) is 5.11 Å². The second-order valence-electron chi connectivity index (χ2n) is 5.22. The highest BCUT2D eigenvalue weighted by atomic mass is 16.7. The monoisotopic (exact) mass is 219 g/mol. The Morgan fingerprint density at radius 1 is 1.25 bits per heavy atom. The highest BCUT2D eigenvalue weighted by Gasteiger charge is 2.12. The van der Waals surface area contributed by atoms with Crippen LogP contribution >= 0.6 is 0 Å². The molecule has 0 radical (unpaired) electrons.